The minimum atomic E-state index is -0.349. The molecule has 3 nitrogen and oxygen atoms in total. The van der Waals surface area contributed by atoms with Crippen molar-refractivity contribution in [3.63, 3.8) is 0 Å². The zero-order valence-electron chi connectivity index (χ0n) is 11.6. The lowest BCUT2D eigenvalue weighted by atomic mass is 9.97. The average Bonchev–Trinajstić information content (AvgIpc) is 2.41. The molecule has 1 aromatic rings. The van der Waals surface area contributed by atoms with Crippen molar-refractivity contribution in [3.8, 4) is 0 Å². The summed E-state index contributed by atoms with van der Waals surface area (Å²) in [5.41, 5.74) is 1.33. The molecular formula is C15H21FN2O. The van der Waals surface area contributed by atoms with E-state index in [9.17, 15) is 9.18 Å². The van der Waals surface area contributed by atoms with Crippen molar-refractivity contribution in [3.05, 3.63) is 35.1 Å². The number of amides is 1. The fraction of sp³-hybridized carbons (Fsp3) is 0.533. The number of hydrogen-bond donors (Lipinski definition) is 1. The summed E-state index contributed by atoms with van der Waals surface area (Å²) in [7, 11) is 1.93. The lowest BCUT2D eigenvalue weighted by Gasteiger charge is -2.33. The number of benzene rings is 1. The van der Waals surface area contributed by atoms with E-state index in [1.807, 2.05) is 18.9 Å². The summed E-state index contributed by atoms with van der Waals surface area (Å²) in [6.45, 7) is 4.30. The maximum Gasteiger partial charge on any atom is 0.254 e. The largest absolute Gasteiger partial charge is 0.338 e. The molecule has 1 aliphatic rings. The van der Waals surface area contributed by atoms with Crippen molar-refractivity contribution in [2.75, 3.05) is 26.7 Å². The highest BCUT2D eigenvalue weighted by molar-refractivity contribution is 5.95. The van der Waals surface area contributed by atoms with E-state index in [4.69, 9.17) is 0 Å². The van der Waals surface area contributed by atoms with Crippen LogP contribution in [0.25, 0.3) is 0 Å². The topological polar surface area (TPSA) is 32.3 Å². The first-order valence-electron chi connectivity index (χ1n) is 6.82. The monoisotopic (exact) mass is 264 g/mol. The molecule has 19 heavy (non-hydrogen) atoms. The number of aryl methyl sites for hydroxylation is 1. The van der Waals surface area contributed by atoms with Gasteiger partial charge in [-0.25, -0.2) is 4.39 Å². The van der Waals surface area contributed by atoms with E-state index in [-0.39, 0.29) is 11.7 Å². The molecule has 0 spiro atoms. The van der Waals surface area contributed by atoms with Gasteiger partial charge in [-0.3, -0.25) is 4.79 Å². The quantitative estimate of drug-likeness (QED) is 0.907. The van der Waals surface area contributed by atoms with Crippen molar-refractivity contribution < 1.29 is 9.18 Å². The first-order valence-corrected chi connectivity index (χ1v) is 6.82. The molecule has 1 aliphatic heterocycles. The number of nitrogens with one attached hydrogen (secondary N) is 1. The SMILES string of the molecule is CNC[C@@H]1CCCN(C(=O)c2cc(F)ccc2C)C1. The molecule has 2 rings (SSSR count). The minimum absolute atomic E-state index is 0.0437. The first-order chi connectivity index (χ1) is 9.11. The molecule has 0 aromatic heterocycles. The number of likely N-dealkylation sites (tertiary alicyclic amines) is 1. The van der Waals surface area contributed by atoms with Crippen LogP contribution in [0.5, 0.6) is 0 Å². The third-order valence-electron chi connectivity index (χ3n) is 3.73. The number of halogens is 1. The summed E-state index contributed by atoms with van der Waals surface area (Å²) in [5.74, 6) is 0.104. The van der Waals surface area contributed by atoms with Gasteiger partial charge in [0.25, 0.3) is 5.91 Å². The summed E-state index contributed by atoms with van der Waals surface area (Å²) in [4.78, 5) is 14.3. The van der Waals surface area contributed by atoms with Crippen LogP contribution in [0.4, 0.5) is 4.39 Å². The maximum absolute atomic E-state index is 13.3. The van der Waals surface area contributed by atoms with Crippen LogP contribution in [-0.2, 0) is 0 Å². The van der Waals surface area contributed by atoms with Gasteiger partial charge in [0, 0.05) is 18.7 Å². The van der Waals surface area contributed by atoms with Gasteiger partial charge in [-0.15, -0.1) is 0 Å². The number of carbonyl (C=O) groups excluding carboxylic acids is 1. The molecule has 1 amide bonds. The van der Waals surface area contributed by atoms with E-state index < -0.39 is 0 Å². The predicted octanol–water partition coefficient (Wildman–Crippen LogP) is 2.21. The molecule has 0 unspecified atom stereocenters. The Bertz CT molecular complexity index is 459. The summed E-state index contributed by atoms with van der Waals surface area (Å²) in [6, 6.07) is 4.41. The fourth-order valence-corrected chi connectivity index (χ4v) is 2.70. The highest BCUT2D eigenvalue weighted by atomic mass is 19.1. The first kappa shape index (κ1) is 14.0. The molecule has 0 radical (unpaired) electrons. The molecule has 104 valence electrons. The third kappa shape index (κ3) is 3.32. The summed E-state index contributed by atoms with van der Waals surface area (Å²) >= 11 is 0. The van der Waals surface area contributed by atoms with Gasteiger partial charge in [0.05, 0.1) is 0 Å². The van der Waals surface area contributed by atoms with Crippen molar-refractivity contribution in [1.82, 2.24) is 10.2 Å². The van der Waals surface area contributed by atoms with Gasteiger partial charge < -0.3 is 10.2 Å². The summed E-state index contributed by atoms with van der Waals surface area (Å²) in [6.07, 6.45) is 2.17. The van der Waals surface area contributed by atoms with Crippen molar-refractivity contribution in [2.45, 2.75) is 19.8 Å². The van der Waals surface area contributed by atoms with Crippen molar-refractivity contribution in [1.29, 1.82) is 0 Å². The zero-order chi connectivity index (χ0) is 13.8. The molecule has 1 fully saturated rings. The van der Waals surface area contributed by atoms with Crippen LogP contribution in [0.3, 0.4) is 0 Å². The molecule has 1 N–H and O–H groups in total. The Kier molecular flexibility index (Phi) is 4.53. The normalized spacial score (nSPS) is 19.5. The number of piperidine rings is 1. The summed E-state index contributed by atoms with van der Waals surface area (Å²) < 4.78 is 13.3. The standard InChI is InChI=1S/C15H21FN2O/c1-11-5-6-13(16)8-14(11)15(19)18-7-3-4-12(10-18)9-17-2/h5-6,8,12,17H,3-4,7,9-10H2,1-2H3/t12-/m0/s1. The smallest absolute Gasteiger partial charge is 0.254 e. The number of rotatable bonds is 3. The Labute approximate surface area is 113 Å². The summed E-state index contributed by atoms with van der Waals surface area (Å²) in [5, 5.41) is 3.16. The van der Waals surface area contributed by atoms with Gasteiger partial charge in [-0.1, -0.05) is 6.07 Å². The molecule has 1 saturated heterocycles. The minimum Gasteiger partial charge on any atom is -0.338 e. The molecule has 4 heteroatoms. The van der Waals surface area contributed by atoms with Crippen LogP contribution in [0, 0.1) is 18.7 Å². The average molecular weight is 264 g/mol. The van der Waals surface area contributed by atoms with Gasteiger partial charge >= 0.3 is 0 Å². The van der Waals surface area contributed by atoms with Gasteiger partial charge in [-0.05, 0) is 57.0 Å². The highest BCUT2D eigenvalue weighted by Crippen LogP contribution is 2.20. The van der Waals surface area contributed by atoms with Gasteiger partial charge in [0.2, 0.25) is 0 Å². The zero-order valence-corrected chi connectivity index (χ0v) is 11.6. The molecule has 1 aromatic carbocycles. The fourth-order valence-electron chi connectivity index (χ4n) is 2.70. The van der Waals surface area contributed by atoms with Crippen LogP contribution in [0.15, 0.2) is 18.2 Å². The highest BCUT2D eigenvalue weighted by Gasteiger charge is 2.25. The molecular weight excluding hydrogens is 243 g/mol. The van der Waals surface area contributed by atoms with Crippen LogP contribution in [0.2, 0.25) is 0 Å². The Morgan fingerprint density at radius 1 is 1.53 bits per heavy atom. The third-order valence-corrected chi connectivity index (χ3v) is 3.73. The second-order valence-corrected chi connectivity index (χ2v) is 5.28. The second kappa shape index (κ2) is 6.15. The Balaban J connectivity index is 2.12. The van der Waals surface area contributed by atoms with E-state index in [0.29, 0.717) is 11.5 Å². The van der Waals surface area contributed by atoms with Gasteiger partial charge in [0.15, 0.2) is 0 Å². The lowest BCUT2D eigenvalue weighted by Crippen LogP contribution is -2.42. The molecule has 1 atom stereocenters. The Hall–Kier alpha value is -1.42. The maximum atomic E-state index is 13.3. The van der Waals surface area contributed by atoms with Gasteiger partial charge in [-0.2, -0.15) is 0 Å². The molecule has 0 bridgehead atoms. The van der Waals surface area contributed by atoms with Crippen molar-refractivity contribution in [2.24, 2.45) is 5.92 Å². The number of nitrogens with zero attached hydrogens (tertiary/aromatic N) is 1. The number of carbonyl (C=O) groups is 1. The van der Waals surface area contributed by atoms with Gasteiger partial charge in [0.1, 0.15) is 5.82 Å². The molecule has 1 heterocycles. The van der Waals surface area contributed by atoms with E-state index in [1.165, 1.54) is 12.1 Å². The van der Waals surface area contributed by atoms with Crippen LogP contribution in [0.1, 0.15) is 28.8 Å². The lowest BCUT2D eigenvalue weighted by molar-refractivity contribution is 0.0673. The Morgan fingerprint density at radius 2 is 2.32 bits per heavy atom. The second-order valence-electron chi connectivity index (χ2n) is 5.28. The van der Waals surface area contributed by atoms with Crippen molar-refractivity contribution >= 4 is 5.91 Å². The van der Waals surface area contributed by atoms with E-state index in [0.717, 1.165) is 38.0 Å². The van der Waals surface area contributed by atoms with Crippen LogP contribution < -0.4 is 5.32 Å². The van der Waals surface area contributed by atoms with Crippen LogP contribution in [-0.4, -0.2) is 37.5 Å². The van der Waals surface area contributed by atoms with Crippen LogP contribution >= 0.6 is 0 Å². The number of hydrogen-bond acceptors (Lipinski definition) is 2. The van der Waals surface area contributed by atoms with E-state index >= 15 is 0 Å². The Morgan fingerprint density at radius 3 is 3.05 bits per heavy atom. The van der Waals surface area contributed by atoms with E-state index in [2.05, 4.69) is 5.32 Å². The molecule has 0 saturated carbocycles. The predicted molar refractivity (Wildman–Crippen MR) is 73.7 cm³/mol. The van der Waals surface area contributed by atoms with E-state index in [1.54, 1.807) is 6.07 Å². The molecule has 0 aliphatic carbocycles.